The van der Waals surface area contributed by atoms with Crippen LogP contribution in [0.4, 0.5) is 8.78 Å². The molecule has 9 amide bonds. The predicted octanol–water partition coefficient (Wildman–Crippen LogP) is 5.31. The number of imide groups is 1. The Hall–Kier alpha value is -7.42. The molecule has 6 heterocycles. The normalized spacial score (nSPS) is 21.2. The fourth-order valence-corrected chi connectivity index (χ4v) is 13.9. The van der Waals surface area contributed by atoms with Gasteiger partial charge in [0.05, 0.1) is 4.88 Å². The van der Waals surface area contributed by atoms with Gasteiger partial charge in [-0.3, -0.25) is 57.9 Å². The van der Waals surface area contributed by atoms with E-state index in [4.69, 9.17) is 5.73 Å². The van der Waals surface area contributed by atoms with Crippen molar-refractivity contribution in [1.29, 1.82) is 0 Å². The minimum absolute atomic E-state index is 0.0342. The van der Waals surface area contributed by atoms with Crippen molar-refractivity contribution in [3.63, 3.8) is 0 Å². The van der Waals surface area contributed by atoms with Gasteiger partial charge in [0, 0.05) is 91.9 Å². The Morgan fingerprint density at radius 3 is 2.26 bits per heavy atom. The SMILES string of the molecule is CC(C)N1CC[C@H]2CC[C@@H](C(=O)N[C@@H](CCC(N)=O)C(=O)N[C@@H](Cc3ccc(C(C)(C)C)cc3)C(=O)N3CCC(CCC#Cc4cccc5c4CN(C4CCC(=O)NC4=O)C5=O)CC3)N2C(=O)[C@@H](NC(=O)c2cc3cc(C(F)(F)P(=O)(O)O)ccc3s2)C1. The summed E-state index contributed by atoms with van der Waals surface area (Å²) in [6, 6.07) is 11.4. The van der Waals surface area contributed by atoms with Crippen molar-refractivity contribution >= 4 is 82.2 Å². The number of halogens is 2. The Bertz CT molecular complexity index is 3510. The van der Waals surface area contributed by atoms with Crippen molar-refractivity contribution in [2.75, 3.05) is 26.2 Å². The zero-order chi connectivity index (χ0) is 63.6. The van der Waals surface area contributed by atoms with Gasteiger partial charge in [-0.05, 0) is 129 Å². The molecule has 4 aromatic rings. The van der Waals surface area contributed by atoms with Gasteiger partial charge in [0.2, 0.25) is 41.4 Å². The number of fused-ring (bicyclic) bond motifs is 3. The molecule has 4 fully saturated rings. The Morgan fingerprint density at radius 2 is 1.59 bits per heavy atom. The van der Waals surface area contributed by atoms with E-state index >= 15 is 0 Å². The third kappa shape index (κ3) is 14.7. The van der Waals surface area contributed by atoms with Gasteiger partial charge >= 0.3 is 13.3 Å². The molecule has 6 atom stereocenters. The number of amides is 9. The first kappa shape index (κ1) is 65.0. The van der Waals surface area contributed by atoms with Crippen LogP contribution >= 0.6 is 18.9 Å². The molecular weight excluding hydrogens is 1180 g/mol. The highest BCUT2D eigenvalue weighted by molar-refractivity contribution is 7.52. The van der Waals surface area contributed by atoms with Crippen LogP contribution in [0, 0.1) is 17.8 Å². The summed E-state index contributed by atoms with van der Waals surface area (Å²) >= 11 is 0.930. The lowest BCUT2D eigenvalue weighted by molar-refractivity contribution is -0.144. The maximum Gasteiger partial charge on any atom is 0.399 e. The number of carbonyl (C=O) groups excluding carboxylic acids is 9. The van der Waals surface area contributed by atoms with E-state index in [9.17, 15) is 66.3 Å². The molecule has 0 radical (unpaired) electrons. The van der Waals surface area contributed by atoms with Crippen molar-refractivity contribution in [3.05, 3.63) is 105 Å². The average Bonchev–Trinajstić information content (AvgIpc) is 1.99. The second-order valence-corrected chi connectivity index (χ2v) is 27.7. The Labute approximate surface area is 513 Å². The number of piperidine rings is 2. The monoisotopic (exact) mass is 1250 g/mol. The van der Waals surface area contributed by atoms with Gasteiger partial charge in [0.15, 0.2) is 0 Å². The number of benzene rings is 3. The van der Waals surface area contributed by atoms with Gasteiger partial charge in [-0.25, -0.2) is 0 Å². The minimum atomic E-state index is -5.88. The summed E-state index contributed by atoms with van der Waals surface area (Å²) in [4.78, 5) is 149. The Balaban J connectivity index is 0.872. The lowest BCUT2D eigenvalue weighted by Crippen LogP contribution is -2.62. The highest BCUT2D eigenvalue weighted by atomic mass is 32.1. The zero-order valence-electron chi connectivity index (χ0n) is 49.9. The molecule has 0 bridgehead atoms. The van der Waals surface area contributed by atoms with Crippen LogP contribution in [0.15, 0.2) is 66.7 Å². The summed E-state index contributed by atoms with van der Waals surface area (Å²) in [5, 5.41) is 11.0. The van der Waals surface area contributed by atoms with Gasteiger partial charge in [-0.2, -0.15) is 8.78 Å². The lowest BCUT2D eigenvalue weighted by atomic mass is 9.86. The first-order valence-corrected chi connectivity index (χ1v) is 32.4. The molecule has 0 aliphatic carbocycles. The second-order valence-electron chi connectivity index (χ2n) is 25.0. The maximum absolute atomic E-state index is 14.9. The average molecular weight is 1250 g/mol. The summed E-state index contributed by atoms with van der Waals surface area (Å²) in [5.74, 6) is 1.83. The van der Waals surface area contributed by atoms with Crippen LogP contribution < -0.4 is 27.0 Å². The van der Waals surface area contributed by atoms with Gasteiger partial charge < -0.3 is 46.2 Å². The summed E-state index contributed by atoms with van der Waals surface area (Å²) in [7, 11) is -5.88. The van der Waals surface area contributed by atoms with E-state index in [0.29, 0.717) is 67.6 Å². The summed E-state index contributed by atoms with van der Waals surface area (Å²) in [5.41, 5.74) is 3.80. The number of hydrogen-bond donors (Lipinski definition) is 7. The molecule has 0 spiro atoms. The first-order valence-electron chi connectivity index (χ1n) is 29.9. The zero-order valence-corrected chi connectivity index (χ0v) is 51.7. The van der Waals surface area contributed by atoms with E-state index in [1.165, 1.54) is 21.9 Å². The Morgan fingerprint density at radius 1 is 0.875 bits per heavy atom. The lowest BCUT2D eigenvalue weighted by Gasteiger charge is -2.40. The van der Waals surface area contributed by atoms with Crippen molar-refractivity contribution in [2.24, 2.45) is 11.7 Å². The number of rotatable bonds is 18. The van der Waals surface area contributed by atoms with E-state index in [-0.39, 0.29) is 97.0 Å². The molecule has 8 N–H and O–H groups in total. The van der Waals surface area contributed by atoms with Gasteiger partial charge in [-0.15, -0.1) is 11.3 Å². The van der Waals surface area contributed by atoms with Crippen molar-refractivity contribution in [1.82, 2.24) is 40.9 Å². The van der Waals surface area contributed by atoms with Crippen LogP contribution in [0.25, 0.3) is 10.1 Å². The van der Waals surface area contributed by atoms with Gasteiger partial charge in [-0.1, -0.05) is 69.0 Å². The van der Waals surface area contributed by atoms with Gasteiger partial charge in [0.25, 0.3) is 11.8 Å². The number of primary amides is 1. The standard InChI is InChI=1S/C63H76F2N9O12PS/c1-36(2)72-30-27-43-18-20-50(74(43)61(83)48(35-72)69-58(80)52-33-40-32-42(17-22-51(40)88-52)63(64,65)87(84,85)86)57(79)67-46(19-23-53(66)75)55(77)68-47(31-38-13-15-41(16-14-38)62(3,4)5)60(82)71-28-25-37(26-29-71)9-6-7-10-39-11-8-12-44-45(39)34-73(59(44)81)49-21-24-54(76)70-56(49)78/h8,11-17,22,32-33,36-37,43,46-50H,6,9,18-21,23-31,34-35H2,1-5H3,(H2,66,75)(H,67,79)(H,68,77)(H,69,80)(H,70,76,78)(H2,84,85,86)/t43-,46+,47+,48+,49?,50+/m1/s1. The number of nitrogens with one attached hydrogen (secondary N) is 4. The number of likely N-dealkylation sites (tertiary alicyclic amines) is 1. The third-order valence-electron chi connectivity index (χ3n) is 17.6. The molecule has 9 rings (SSSR count). The fraction of sp³-hybridized carbons (Fsp3) is 0.508. The first-order chi connectivity index (χ1) is 41.6. The van der Waals surface area contributed by atoms with Crippen LogP contribution in [0.2, 0.25) is 0 Å². The molecular formula is C63H76F2N9O12PS. The van der Waals surface area contributed by atoms with Gasteiger partial charge in [0.1, 0.15) is 30.2 Å². The third-order valence-corrected chi connectivity index (χ3v) is 19.7. The molecule has 5 aliphatic heterocycles. The fourth-order valence-electron chi connectivity index (χ4n) is 12.4. The number of hydrogen-bond acceptors (Lipinski definition) is 12. The number of nitrogens with two attached hydrogens (primary N) is 1. The minimum Gasteiger partial charge on any atom is -0.370 e. The highest BCUT2D eigenvalue weighted by Gasteiger charge is 2.51. The molecule has 1 aromatic heterocycles. The van der Waals surface area contributed by atoms with Crippen molar-refractivity contribution in [2.45, 2.75) is 172 Å². The second kappa shape index (κ2) is 26.7. The predicted molar refractivity (Wildman–Crippen MR) is 323 cm³/mol. The van der Waals surface area contributed by atoms with E-state index < -0.39 is 90.5 Å². The molecule has 88 heavy (non-hydrogen) atoms. The molecule has 0 saturated carbocycles. The summed E-state index contributed by atoms with van der Waals surface area (Å²) < 4.78 is 41.3. The van der Waals surface area contributed by atoms with E-state index in [0.717, 1.165) is 46.6 Å². The molecule has 4 saturated heterocycles. The van der Waals surface area contributed by atoms with Crippen LogP contribution in [-0.2, 0) is 62.2 Å². The van der Waals surface area contributed by atoms with E-state index in [2.05, 4.69) is 53.9 Å². The van der Waals surface area contributed by atoms with Crippen LogP contribution in [0.5, 0.6) is 0 Å². The van der Waals surface area contributed by atoms with Crippen molar-refractivity contribution < 1.29 is 66.3 Å². The quantitative estimate of drug-likeness (QED) is 0.0378. The van der Waals surface area contributed by atoms with Crippen LogP contribution in [0.3, 0.4) is 0 Å². The molecule has 25 heteroatoms. The molecule has 470 valence electrons. The molecule has 5 aliphatic rings. The van der Waals surface area contributed by atoms with E-state index in [1.807, 2.05) is 49.1 Å². The number of thiophene rings is 1. The number of nitrogens with zero attached hydrogens (tertiary/aromatic N) is 4. The van der Waals surface area contributed by atoms with Crippen LogP contribution in [0.1, 0.15) is 153 Å². The number of alkyl halides is 2. The topological polar surface area (TPSA) is 298 Å². The van der Waals surface area contributed by atoms with Crippen molar-refractivity contribution in [3.8, 4) is 11.8 Å². The molecule has 1 unspecified atom stereocenters. The maximum atomic E-state index is 14.9. The van der Waals surface area contributed by atoms with E-state index in [1.54, 1.807) is 17.0 Å². The number of carbonyl (C=O) groups is 9. The highest BCUT2D eigenvalue weighted by Crippen LogP contribution is 2.59. The van der Waals surface area contributed by atoms with Crippen LogP contribution in [-0.4, -0.2) is 151 Å². The molecule has 21 nitrogen and oxygen atoms in total. The largest absolute Gasteiger partial charge is 0.399 e. The molecule has 3 aromatic carbocycles. The smallest absolute Gasteiger partial charge is 0.370 e. The summed E-state index contributed by atoms with van der Waals surface area (Å²) in [6.07, 6.45) is 3.70. The Kier molecular flexibility index (Phi) is 19.8. The summed E-state index contributed by atoms with van der Waals surface area (Å²) in [6.45, 7) is 11.7.